The summed E-state index contributed by atoms with van der Waals surface area (Å²) in [5, 5.41) is 0. The van der Waals surface area contributed by atoms with Gasteiger partial charge in [0, 0.05) is 38.4 Å². The highest BCUT2D eigenvalue weighted by atomic mass is 15.3. The first-order valence-corrected chi connectivity index (χ1v) is 8.85. The van der Waals surface area contributed by atoms with Gasteiger partial charge >= 0.3 is 0 Å². The van der Waals surface area contributed by atoms with Gasteiger partial charge in [0.05, 0.1) is 0 Å². The fraction of sp³-hybridized carbons (Fsp3) is 0.450. The molecule has 3 heterocycles. The van der Waals surface area contributed by atoms with Crippen LogP contribution in [-0.2, 0) is 19.4 Å². The van der Waals surface area contributed by atoms with Gasteiger partial charge in [-0.05, 0) is 42.0 Å². The van der Waals surface area contributed by atoms with Crippen LogP contribution in [0, 0.1) is 0 Å². The van der Waals surface area contributed by atoms with Crippen LogP contribution >= 0.6 is 0 Å². The van der Waals surface area contributed by atoms with Gasteiger partial charge in [-0.2, -0.15) is 0 Å². The van der Waals surface area contributed by atoms with E-state index in [1.165, 1.54) is 35.3 Å². The smallest absolute Gasteiger partial charge is 0.132 e. The van der Waals surface area contributed by atoms with Gasteiger partial charge in [-0.1, -0.05) is 37.3 Å². The second-order valence-corrected chi connectivity index (χ2v) is 6.73. The lowest BCUT2D eigenvalue weighted by Gasteiger charge is -2.45. The van der Waals surface area contributed by atoms with E-state index in [4.69, 9.17) is 4.98 Å². The minimum absolute atomic E-state index is 0.625. The summed E-state index contributed by atoms with van der Waals surface area (Å²) in [5.74, 6) is 1.26. The quantitative estimate of drug-likeness (QED) is 0.867. The van der Waals surface area contributed by atoms with E-state index in [1.807, 2.05) is 6.20 Å². The number of aromatic nitrogens is 1. The number of aryl methyl sites for hydroxylation is 1. The van der Waals surface area contributed by atoms with Crippen LogP contribution in [0.4, 0.5) is 5.82 Å². The first-order valence-electron chi connectivity index (χ1n) is 8.85. The van der Waals surface area contributed by atoms with Crippen LogP contribution in [0.2, 0.25) is 0 Å². The van der Waals surface area contributed by atoms with Gasteiger partial charge in [0.25, 0.3) is 0 Å². The molecule has 0 spiro atoms. The van der Waals surface area contributed by atoms with Crippen molar-refractivity contribution in [2.24, 2.45) is 0 Å². The van der Waals surface area contributed by atoms with E-state index < -0.39 is 0 Å². The predicted molar refractivity (Wildman–Crippen MR) is 94.8 cm³/mol. The summed E-state index contributed by atoms with van der Waals surface area (Å²) in [4.78, 5) is 9.90. The van der Waals surface area contributed by atoms with Gasteiger partial charge < -0.3 is 4.90 Å². The van der Waals surface area contributed by atoms with Crippen LogP contribution in [0.25, 0.3) is 0 Å². The predicted octanol–water partition coefficient (Wildman–Crippen LogP) is 3.28. The number of pyridine rings is 1. The lowest BCUT2D eigenvalue weighted by molar-refractivity contribution is 0.206. The molecular weight excluding hydrogens is 282 g/mol. The van der Waals surface area contributed by atoms with Gasteiger partial charge in [0.2, 0.25) is 0 Å². The van der Waals surface area contributed by atoms with Crippen molar-refractivity contribution in [2.75, 3.05) is 24.5 Å². The number of hydrogen-bond donors (Lipinski definition) is 0. The van der Waals surface area contributed by atoms with Gasteiger partial charge in [-0.25, -0.2) is 4.98 Å². The molecule has 3 nitrogen and oxygen atoms in total. The standard InChI is InChI=1S/C20H25N3/c1-2-17-10-11-21-20-19(17)9-8-18-15-22(12-13-23(18)20)14-16-6-4-3-5-7-16/h3-7,10-11,18H,2,8-9,12-15H2,1H3. The maximum atomic E-state index is 4.73. The summed E-state index contributed by atoms with van der Waals surface area (Å²) in [5.41, 5.74) is 4.41. The molecule has 1 saturated heterocycles. The zero-order valence-corrected chi connectivity index (χ0v) is 13.9. The maximum Gasteiger partial charge on any atom is 0.132 e. The first kappa shape index (κ1) is 14.7. The SMILES string of the molecule is CCc1ccnc2c1CCC1CN(Cc3ccccc3)CCN21. The second kappa shape index (κ2) is 6.32. The lowest BCUT2D eigenvalue weighted by Crippen LogP contribution is -2.55. The van der Waals surface area contributed by atoms with Crippen molar-refractivity contribution in [1.29, 1.82) is 0 Å². The third-order valence-electron chi connectivity index (χ3n) is 5.33. The van der Waals surface area contributed by atoms with E-state index in [2.05, 4.69) is 53.1 Å². The highest BCUT2D eigenvalue weighted by Gasteiger charge is 2.33. The summed E-state index contributed by atoms with van der Waals surface area (Å²) in [6.45, 7) is 6.71. The summed E-state index contributed by atoms with van der Waals surface area (Å²) in [6, 6.07) is 13.7. The van der Waals surface area contributed by atoms with Crippen molar-refractivity contribution in [2.45, 2.75) is 38.8 Å². The molecule has 1 unspecified atom stereocenters. The van der Waals surface area contributed by atoms with Crippen LogP contribution in [0.3, 0.4) is 0 Å². The number of fused-ring (bicyclic) bond motifs is 3. The Morgan fingerprint density at radius 3 is 2.83 bits per heavy atom. The van der Waals surface area contributed by atoms with E-state index in [-0.39, 0.29) is 0 Å². The molecule has 120 valence electrons. The van der Waals surface area contributed by atoms with E-state index in [1.54, 1.807) is 0 Å². The average molecular weight is 307 g/mol. The van der Waals surface area contributed by atoms with Crippen LogP contribution in [0.5, 0.6) is 0 Å². The van der Waals surface area contributed by atoms with Crippen molar-refractivity contribution in [3.05, 3.63) is 59.3 Å². The highest BCUT2D eigenvalue weighted by Crippen LogP contribution is 2.33. The molecule has 2 aliphatic rings. The van der Waals surface area contributed by atoms with Gasteiger partial charge in [0.1, 0.15) is 5.82 Å². The third kappa shape index (κ3) is 2.86. The fourth-order valence-electron chi connectivity index (χ4n) is 4.11. The van der Waals surface area contributed by atoms with E-state index in [0.717, 1.165) is 32.6 Å². The van der Waals surface area contributed by atoms with Crippen molar-refractivity contribution in [3.8, 4) is 0 Å². The molecule has 0 bridgehead atoms. The lowest BCUT2D eigenvalue weighted by atomic mass is 9.92. The monoisotopic (exact) mass is 307 g/mol. The average Bonchev–Trinajstić information content (AvgIpc) is 2.61. The zero-order valence-electron chi connectivity index (χ0n) is 13.9. The van der Waals surface area contributed by atoms with Gasteiger partial charge in [0.15, 0.2) is 0 Å². The summed E-state index contributed by atoms with van der Waals surface area (Å²) in [6.07, 6.45) is 5.56. The molecule has 2 aromatic rings. The molecule has 1 fully saturated rings. The van der Waals surface area contributed by atoms with Crippen molar-refractivity contribution in [3.63, 3.8) is 0 Å². The summed E-state index contributed by atoms with van der Waals surface area (Å²) >= 11 is 0. The molecule has 3 heteroatoms. The maximum absolute atomic E-state index is 4.73. The summed E-state index contributed by atoms with van der Waals surface area (Å²) < 4.78 is 0. The van der Waals surface area contributed by atoms with Crippen molar-refractivity contribution < 1.29 is 0 Å². The van der Waals surface area contributed by atoms with E-state index in [9.17, 15) is 0 Å². The molecule has 0 radical (unpaired) electrons. The minimum atomic E-state index is 0.625. The van der Waals surface area contributed by atoms with Gasteiger partial charge in [-0.3, -0.25) is 4.90 Å². The topological polar surface area (TPSA) is 19.4 Å². The molecule has 1 atom stereocenters. The third-order valence-corrected chi connectivity index (χ3v) is 5.33. The number of anilines is 1. The van der Waals surface area contributed by atoms with E-state index >= 15 is 0 Å². The van der Waals surface area contributed by atoms with Crippen LogP contribution in [0.15, 0.2) is 42.6 Å². The number of benzene rings is 1. The Morgan fingerprint density at radius 1 is 1.13 bits per heavy atom. The first-order chi connectivity index (χ1) is 11.3. The zero-order chi connectivity index (χ0) is 15.6. The summed E-state index contributed by atoms with van der Waals surface area (Å²) in [7, 11) is 0. The molecule has 2 aliphatic heterocycles. The van der Waals surface area contributed by atoms with Crippen molar-refractivity contribution in [1.82, 2.24) is 9.88 Å². The largest absolute Gasteiger partial charge is 0.351 e. The van der Waals surface area contributed by atoms with Gasteiger partial charge in [-0.15, -0.1) is 0 Å². The van der Waals surface area contributed by atoms with Crippen LogP contribution in [0.1, 0.15) is 30.0 Å². The molecule has 4 rings (SSSR count). The van der Waals surface area contributed by atoms with Crippen LogP contribution in [-0.4, -0.2) is 35.6 Å². The fourth-order valence-corrected chi connectivity index (χ4v) is 4.11. The normalized spacial score (nSPS) is 20.9. The molecule has 1 aromatic carbocycles. The molecule has 0 amide bonds. The molecule has 0 saturated carbocycles. The van der Waals surface area contributed by atoms with E-state index in [0.29, 0.717) is 6.04 Å². The number of piperazine rings is 1. The Labute approximate surface area is 139 Å². The molecule has 0 aliphatic carbocycles. The van der Waals surface area contributed by atoms with Crippen LogP contribution < -0.4 is 4.90 Å². The number of nitrogens with zero attached hydrogens (tertiary/aromatic N) is 3. The number of hydrogen-bond acceptors (Lipinski definition) is 3. The van der Waals surface area contributed by atoms with Crippen molar-refractivity contribution >= 4 is 5.82 Å². The highest BCUT2D eigenvalue weighted by molar-refractivity contribution is 5.54. The molecule has 0 N–H and O–H groups in total. The number of rotatable bonds is 3. The Balaban J connectivity index is 1.50. The molecular formula is C20H25N3. The Morgan fingerprint density at radius 2 is 2.00 bits per heavy atom. The Kier molecular flexibility index (Phi) is 4.04. The Bertz CT molecular complexity index is 668. The molecule has 1 aromatic heterocycles. The molecule has 23 heavy (non-hydrogen) atoms. The second-order valence-electron chi connectivity index (χ2n) is 6.73. The Hall–Kier alpha value is -1.87. The minimum Gasteiger partial charge on any atom is -0.351 e.